The molecule has 1 saturated carbocycles. The summed E-state index contributed by atoms with van der Waals surface area (Å²) in [5, 5.41) is 2.24. The fourth-order valence-electron chi connectivity index (χ4n) is 2.45. The molecule has 1 N–H and O–H groups in total. The lowest BCUT2D eigenvalue weighted by Crippen LogP contribution is -2.48. The number of amides is 2. The van der Waals surface area contributed by atoms with Gasteiger partial charge in [-0.05, 0) is 19.3 Å². The van der Waals surface area contributed by atoms with Crippen LogP contribution in [0.25, 0.3) is 0 Å². The van der Waals surface area contributed by atoms with Crippen molar-refractivity contribution in [3.05, 3.63) is 12.7 Å². The number of esters is 1. The van der Waals surface area contributed by atoms with E-state index in [0.717, 1.165) is 18.9 Å². The summed E-state index contributed by atoms with van der Waals surface area (Å²) in [7, 11) is 0. The Hall–Kier alpha value is -1.65. The molecule has 2 unspecified atom stereocenters. The highest BCUT2D eigenvalue weighted by atomic mass is 16.6. The Morgan fingerprint density at radius 2 is 2.25 bits per heavy atom. The van der Waals surface area contributed by atoms with E-state index in [2.05, 4.69) is 11.9 Å². The normalized spacial score (nSPS) is 32.9. The van der Waals surface area contributed by atoms with E-state index in [9.17, 15) is 14.4 Å². The Balaban J connectivity index is 2.31. The number of fused-ring (bicyclic) bond motifs is 1. The minimum atomic E-state index is -1.28. The van der Waals surface area contributed by atoms with Crippen LogP contribution < -0.4 is 5.32 Å². The van der Waals surface area contributed by atoms with Crippen molar-refractivity contribution in [1.29, 1.82) is 0 Å². The van der Waals surface area contributed by atoms with Crippen LogP contribution in [0.15, 0.2) is 12.7 Å². The van der Waals surface area contributed by atoms with E-state index in [-0.39, 0.29) is 5.91 Å². The molecule has 0 radical (unpaired) electrons. The number of ether oxygens (including phenoxy) is 1. The lowest BCUT2D eigenvalue weighted by Gasteiger charge is -2.34. The lowest BCUT2D eigenvalue weighted by molar-refractivity contribution is -0.169. The zero-order chi connectivity index (χ0) is 11.8. The molecule has 0 aromatic heterocycles. The maximum atomic E-state index is 11.7. The van der Waals surface area contributed by atoms with Gasteiger partial charge in [-0.15, -0.1) is 0 Å². The van der Waals surface area contributed by atoms with Crippen LogP contribution in [0.3, 0.4) is 0 Å². The van der Waals surface area contributed by atoms with E-state index >= 15 is 0 Å². The number of hydrogen-bond acceptors (Lipinski definition) is 4. The molecule has 2 aliphatic rings. The molecule has 0 aromatic rings. The molecule has 16 heavy (non-hydrogen) atoms. The van der Waals surface area contributed by atoms with Gasteiger partial charge in [-0.2, -0.15) is 0 Å². The van der Waals surface area contributed by atoms with Gasteiger partial charge in [-0.25, -0.2) is 4.79 Å². The van der Waals surface area contributed by atoms with Crippen molar-refractivity contribution in [3.63, 3.8) is 0 Å². The van der Waals surface area contributed by atoms with Crippen LogP contribution in [-0.2, 0) is 19.1 Å². The molecule has 1 aliphatic carbocycles. The molecule has 1 saturated heterocycles. The quantitative estimate of drug-likeness (QED) is 0.415. The van der Waals surface area contributed by atoms with E-state index in [1.807, 2.05) is 0 Å². The number of nitrogens with one attached hydrogen (secondary N) is 1. The second-order valence-electron chi connectivity index (χ2n) is 4.13. The number of carbonyl (C=O) groups excluding carboxylic acids is 3. The third-order valence-electron chi connectivity index (χ3n) is 3.24. The van der Waals surface area contributed by atoms with Gasteiger partial charge in [-0.3, -0.25) is 14.9 Å². The van der Waals surface area contributed by atoms with Gasteiger partial charge in [0.2, 0.25) is 11.5 Å². The SMILES string of the molecule is C=CC(=O)OC12CCCCC1C(=O)NC2=O. The highest BCUT2D eigenvalue weighted by Gasteiger charge is 2.58. The van der Waals surface area contributed by atoms with Gasteiger partial charge in [0.25, 0.3) is 5.91 Å². The summed E-state index contributed by atoms with van der Waals surface area (Å²) < 4.78 is 5.14. The summed E-state index contributed by atoms with van der Waals surface area (Å²) in [6.45, 7) is 3.29. The number of hydrogen-bond donors (Lipinski definition) is 1. The van der Waals surface area contributed by atoms with Crippen LogP contribution in [0, 0.1) is 5.92 Å². The largest absolute Gasteiger partial charge is 0.445 e. The maximum absolute atomic E-state index is 11.7. The number of imide groups is 1. The van der Waals surface area contributed by atoms with Crippen LogP contribution in [0.1, 0.15) is 25.7 Å². The first-order chi connectivity index (χ1) is 7.60. The average molecular weight is 223 g/mol. The third-order valence-corrected chi connectivity index (χ3v) is 3.24. The van der Waals surface area contributed by atoms with Crippen LogP contribution in [0.2, 0.25) is 0 Å². The Morgan fingerprint density at radius 1 is 1.50 bits per heavy atom. The summed E-state index contributed by atoms with van der Waals surface area (Å²) in [6.07, 6.45) is 3.66. The van der Waals surface area contributed by atoms with E-state index in [0.29, 0.717) is 12.8 Å². The van der Waals surface area contributed by atoms with Gasteiger partial charge < -0.3 is 4.74 Å². The van der Waals surface area contributed by atoms with E-state index in [1.54, 1.807) is 0 Å². The van der Waals surface area contributed by atoms with Crippen molar-refractivity contribution in [2.45, 2.75) is 31.3 Å². The summed E-state index contributed by atoms with van der Waals surface area (Å²) in [6, 6.07) is 0. The van der Waals surface area contributed by atoms with Gasteiger partial charge in [-0.1, -0.05) is 13.0 Å². The van der Waals surface area contributed by atoms with Gasteiger partial charge in [0.15, 0.2) is 0 Å². The van der Waals surface area contributed by atoms with Crippen LogP contribution >= 0.6 is 0 Å². The summed E-state index contributed by atoms with van der Waals surface area (Å²) in [5.74, 6) is -2.01. The van der Waals surface area contributed by atoms with Crippen molar-refractivity contribution >= 4 is 17.8 Å². The predicted octanol–water partition coefficient (Wildman–Crippen LogP) is 0.301. The second-order valence-corrected chi connectivity index (χ2v) is 4.13. The fraction of sp³-hybridized carbons (Fsp3) is 0.545. The highest BCUT2D eigenvalue weighted by molar-refractivity contribution is 6.10. The molecular formula is C11H13NO4. The zero-order valence-corrected chi connectivity index (χ0v) is 8.82. The Kier molecular flexibility index (Phi) is 2.53. The molecule has 2 rings (SSSR count). The smallest absolute Gasteiger partial charge is 0.331 e. The highest BCUT2D eigenvalue weighted by Crippen LogP contribution is 2.40. The van der Waals surface area contributed by atoms with Gasteiger partial charge in [0, 0.05) is 6.08 Å². The van der Waals surface area contributed by atoms with E-state index < -0.39 is 23.4 Å². The molecule has 86 valence electrons. The van der Waals surface area contributed by atoms with Crippen molar-refractivity contribution in [3.8, 4) is 0 Å². The Morgan fingerprint density at radius 3 is 2.94 bits per heavy atom. The minimum Gasteiger partial charge on any atom is -0.445 e. The lowest BCUT2D eigenvalue weighted by atomic mass is 9.77. The monoisotopic (exact) mass is 223 g/mol. The molecule has 0 bridgehead atoms. The molecule has 5 nitrogen and oxygen atoms in total. The molecule has 2 fully saturated rings. The van der Waals surface area contributed by atoms with E-state index in [4.69, 9.17) is 4.74 Å². The zero-order valence-electron chi connectivity index (χ0n) is 8.82. The predicted molar refractivity (Wildman–Crippen MR) is 54.1 cm³/mol. The Labute approximate surface area is 92.8 Å². The average Bonchev–Trinajstić information content (AvgIpc) is 2.52. The molecule has 5 heteroatoms. The van der Waals surface area contributed by atoms with Gasteiger partial charge >= 0.3 is 5.97 Å². The fourth-order valence-corrected chi connectivity index (χ4v) is 2.45. The van der Waals surface area contributed by atoms with Crippen molar-refractivity contribution in [2.75, 3.05) is 0 Å². The molecular weight excluding hydrogens is 210 g/mol. The van der Waals surface area contributed by atoms with Gasteiger partial charge in [0.1, 0.15) is 0 Å². The molecule has 0 aromatic carbocycles. The van der Waals surface area contributed by atoms with Crippen molar-refractivity contribution < 1.29 is 19.1 Å². The number of carbonyl (C=O) groups is 3. The maximum Gasteiger partial charge on any atom is 0.331 e. The standard InChI is InChI=1S/C11H13NO4/c1-2-8(13)16-11-6-4-3-5-7(11)9(14)12-10(11)15/h2,7H,1,3-6H2,(H,12,14,15). The molecule has 2 atom stereocenters. The van der Waals surface area contributed by atoms with Crippen LogP contribution in [-0.4, -0.2) is 23.4 Å². The summed E-state index contributed by atoms with van der Waals surface area (Å²) >= 11 is 0. The van der Waals surface area contributed by atoms with Gasteiger partial charge in [0.05, 0.1) is 5.92 Å². The van der Waals surface area contributed by atoms with Crippen LogP contribution in [0.5, 0.6) is 0 Å². The van der Waals surface area contributed by atoms with Crippen molar-refractivity contribution in [2.24, 2.45) is 5.92 Å². The topological polar surface area (TPSA) is 72.5 Å². The molecule has 1 aliphatic heterocycles. The Bertz CT molecular complexity index is 376. The second kappa shape index (κ2) is 3.73. The molecule has 0 spiro atoms. The van der Waals surface area contributed by atoms with Crippen molar-refractivity contribution in [1.82, 2.24) is 5.32 Å². The first-order valence-corrected chi connectivity index (χ1v) is 5.31. The molecule has 1 heterocycles. The first-order valence-electron chi connectivity index (χ1n) is 5.31. The minimum absolute atomic E-state index is 0.332. The third kappa shape index (κ3) is 1.43. The first kappa shape index (κ1) is 10.9. The summed E-state index contributed by atoms with van der Waals surface area (Å²) in [4.78, 5) is 34.5. The molecule has 2 amide bonds. The van der Waals surface area contributed by atoms with E-state index in [1.165, 1.54) is 0 Å². The summed E-state index contributed by atoms with van der Waals surface area (Å²) in [5.41, 5.74) is -1.28. The number of rotatable bonds is 2. The van der Waals surface area contributed by atoms with Crippen LogP contribution in [0.4, 0.5) is 0 Å².